The predicted octanol–water partition coefficient (Wildman–Crippen LogP) is 0.780. The second-order valence-corrected chi connectivity index (χ2v) is 4.69. The third kappa shape index (κ3) is 2.20. The maximum Gasteiger partial charge on any atom is 0.268 e. The van der Waals surface area contributed by atoms with Crippen molar-refractivity contribution in [3.8, 4) is 0 Å². The maximum absolute atomic E-state index is 11.9. The SMILES string of the molecule is O=c1cc2c(nn1CC1CCCO1)CCCN2. The zero-order valence-electron chi connectivity index (χ0n) is 9.82. The van der Waals surface area contributed by atoms with Gasteiger partial charge >= 0.3 is 0 Å². The summed E-state index contributed by atoms with van der Waals surface area (Å²) in [4.78, 5) is 11.9. The molecule has 0 amide bonds. The molecule has 0 aromatic carbocycles. The van der Waals surface area contributed by atoms with E-state index in [4.69, 9.17) is 4.74 Å². The Morgan fingerprint density at radius 3 is 3.29 bits per heavy atom. The van der Waals surface area contributed by atoms with Crippen LogP contribution < -0.4 is 10.9 Å². The van der Waals surface area contributed by atoms with E-state index in [1.165, 1.54) is 0 Å². The van der Waals surface area contributed by atoms with E-state index >= 15 is 0 Å². The number of rotatable bonds is 2. The molecule has 17 heavy (non-hydrogen) atoms. The van der Waals surface area contributed by atoms with E-state index in [2.05, 4.69) is 10.4 Å². The molecular formula is C12H17N3O2. The molecule has 1 saturated heterocycles. The second kappa shape index (κ2) is 4.49. The molecular weight excluding hydrogens is 218 g/mol. The summed E-state index contributed by atoms with van der Waals surface area (Å²) in [5, 5.41) is 7.66. The summed E-state index contributed by atoms with van der Waals surface area (Å²) in [7, 11) is 0. The molecule has 5 nitrogen and oxygen atoms in total. The van der Waals surface area contributed by atoms with Crippen molar-refractivity contribution in [2.45, 2.75) is 38.3 Å². The van der Waals surface area contributed by atoms with Gasteiger partial charge in [-0.2, -0.15) is 5.10 Å². The van der Waals surface area contributed by atoms with Crippen molar-refractivity contribution in [3.05, 3.63) is 22.1 Å². The quantitative estimate of drug-likeness (QED) is 0.823. The number of hydrogen-bond acceptors (Lipinski definition) is 4. The van der Waals surface area contributed by atoms with Gasteiger partial charge in [-0.25, -0.2) is 4.68 Å². The smallest absolute Gasteiger partial charge is 0.268 e. The van der Waals surface area contributed by atoms with Crippen LogP contribution in [0.2, 0.25) is 0 Å². The Labute approximate surface area is 99.8 Å². The van der Waals surface area contributed by atoms with Crippen LogP contribution in [0.5, 0.6) is 0 Å². The standard InChI is InChI=1S/C12H17N3O2/c16-12-7-11-10(4-1-5-13-11)14-15(12)8-9-3-2-6-17-9/h7,9,13H,1-6,8H2. The lowest BCUT2D eigenvalue weighted by atomic mass is 10.1. The Hall–Kier alpha value is -1.36. The van der Waals surface area contributed by atoms with Gasteiger partial charge in [0, 0.05) is 19.2 Å². The summed E-state index contributed by atoms with van der Waals surface area (Å²) in [5.41, 5.74) is 1.88. The molecule has 0 aliphatic carbocycles. The number of aromatic nitrogens is 2. The normalized spacial score (nSPS) is 23.2. The van der Waals surface area contributed by atoms with Crippen LogP contribution in [0.1, 0.15) is 25.0 Å². The first kappa shape index (κ1) is 10.8. The van der Waals surface area contributed by atoms with Gasteiger partial charge in [0.2, 0.25) is 0 Å². The lowest BCUT2D eigenvalue weighted by Crippen LogP contribution is -2.31. The molecule has 1 unspecified atom stereocenters. The van der Waals surface area contributed by atoms with Gasteiger partial charge in [-0.05, 0) is 25.7 Å². The highest BCUT2D eigenvalue weighted by molar-refractivity contribution is 5.48. The Bertz CT molecular complexity index is 463. The van der Waals surface area contributed by atoms with Gasteiger partial charge in [0.1, 0.15) is 0 Å². The highest BCUT2D eigenvalue weighted by Gasteiger charge is 2.19. The number of nitrogens with zero attached hydrogens (tertiary/aromatic N) is 2. The fourth-order valence-corrected chi connectivity index (χ4v) is 2.46. The van der Waals surface area contributed by atoms with Crippen LogP contribution in [-0.4, -0.2) is 29.0 Å². The van der Waals surface area contributed by atoms with Crippen LogP contribution in [0.3, 0.4) is 0 Å². The third-order valence-electron chi connectivity index (χ3n) is 3.38. The first-order valence-electron chi connectivity index (χ1n) is 6.29. The van der Waals surface area contributed by atoms with Crippen LogP contribution >= 0.6 is 0 Å². The third-order valence-corrected chi connectivity index (χ3v) is 3.38. The number of fused-ring (bicyclic) bond motifs is 1. The van der Waals surface area contributed by atoms with Crippen molar-refractivity contribution >= 4 is 5.69 Å². The topological polar surface area (TPSA) is 56.2 Å². The first-order chi connectivity index (χ1) is 8.33. The number of hydrogen-bond donors (Lipinski definition) is 1. The average Bonchev–Trinajstić information content (AvgIpc) is 2.83. The molecule has 92 valence electrons. The molecule has 0 radical (unpaired) electrons. The van der Waals surface area contributed by atoms with Gasteiger partial charge in [0.25, 0.3) is 5.56 Å². The van der Waals surface area contributed by atoms with Gasteiger partial charge < -0.3 is 10.1 Å². The molecule has 3 heterocycles. The predicted molar refractivity (Wildman–Crippen MR) is 64.3 cm³/mol. The molecule has 1 aromatic rings. The number of nitrogens with one attached hydrogen (secondary N) is 1. The van der Waals surface area contributed by atoms with E-state index in [-0.39, 0.29) is 11.7 Å². The van der Waals surface area contributed by atoms with Crippen LogP contribution in [-0.2, 0) is 17.7 Å². The summed E-state index contributed by atoms with van der Waals surface area (Å²) in [6.07, 6.45) is 4.32. The molecule has 2 aliphatic rings. The van der Waals surface area contributed by atoms with E-state index < -0.39 is 0 Å². The maximum atomic E-state index is 11.9. The Morgan fingerprint density at radius 1 is 1.53 bits per heavy atom. The summed E-state index contributed by atoms with van der Waals surface area (Å²) in [6.45, 7) is 2.34. The summed E-state index contributed by atoms with van der Waals surface area (Å²) < 4.78 is 7.10. The van der Waals surface area contributed by atoms with Crippen LogP contribution in [0.4, 0.5) is 5.69 Å². The van der Waals surface area contributed by atoms with Crippen molar-refractivity contribution in [3.63, 3.8) is 0 Å². The fourth-order valence-electron chi connectivity index (χ4n) is 2.46. The lowest BCUT2D eigenvalue weighted by Gasteiger charge is -2.18. The second-order valence-electron chi connectivity index (χ2n) is 4.69. The minimum Gasteiger partial charge on any atom is -0.383 e. The molecule has 1 fully saturated rings. The molecule has 5 heteroatoms. The van der Waals surface area contributed by atoms with E-state index in [9.17, 15) is 4.79 Å². The molecule has 0 bridgehead atoms. The van der Waals surface area contributed by atoms with Gasteiger partial charge in [-0.1, -0.05) is 0 Å². The zero-order chi connectivity index (χ0) is 11.7. The monoisotopic (exact) mass is 235 g/mol. The molecule has 3 rings (SSSR count). The largest absolute Gasteiger partial charge is 0.383 e. The number of anilines is 1. The first-order valence-corrected chi connectivity index (χ1v) is 6.29. The van der Waals surface area contributed by atoms with Gasteiger partial charge in [0.05, 0.1) is 24.0 Å². The average molecular weight is 235 g/mol. The molecule has 1 atom stereocenters. The van der Waals surface area contributed by atoms with Crippen LogP contribution in [0.15, 0.2) is 10.9 Å². The Morgan fingerprint density at radius 2 is 2.47 bits per heavy atom. The highest BCUT2D eigenvalue weighted by atomic mass is 16.5. The lowest BCUT2D eigenvalue weighted by molar-refractivity contribution is 0.0925. The minimum absolute atomic E-state index is 0.0337. The Balaban J connectivity index is 1.85. The molecule has 0 saturated carbocycles. The summed E-state index contributed by atoms with van der Waals surface area (Å²) in [6, 6.07) is 1.66. The van der Waals surface area contributed by atoms with Crippen molar-refractivity contribution < 1.29 is 4.74 Å². The van der Waals surface area contributed by atoms with Gasteiger partial charge in [-0.3, -0.25) is 4.79 Å². The summed E-state index contributed by atoms with van der Waals surface area (Å²) >= 11 is 0. The van der Waals surface area contributed by atoms with Gasteiger partial charge in [0.15, 0.2) is 0 Å². The van der Waals surface area contributed by atoms with Crippen molar-refractivity contribution in [1.29, 1.82) is 0 Å². The van der Waals surface area contributed by atoms with E-state index in [0.29, 0.717) is 6.54 Å². The minimum atomic E-state index is -0.0337. The molecule has 0 spiro atoms. The van der Waals surface area contributed by atoms with Crippen LogP contribution in [0.25, 0.3) is 0 Å². The van der Waals surface area contributed by atoms with Crippen molar-refractivity contribution in [2.24, 2.45) is 0 Å². The van der Waals surface area contributed by atoms with E-state index in [1.807, 2.05) is 0 Å². The number of aryl methyl sites for hydroxylation is 1. The highest BCUT2D eigenvalue weighted by Crippen LogP contribution is 2.17. The molecule has 2 aliphatic heterocycles. The fraction of sp³-hybridized carbons (Fsp3) is 0.667. The molecule has 1 N–H and O–H groups in total. The van der Waals surface area contributed by atoms with Gasteiger partial charge in [-0.15, -0.1) is 0 Å². The van der Waals surface area contributed by atoms with E-state index in [0.717, 1.165) is 50.2 Å². The van der Waals surface area contributed by atoms with E-state index in [1.54, 1.807) is 10.7 Å². The summed E-state index contributed by atoms with van der Waals surface area (Å²) in [5.74, 6) is 0. The van der Waals surface area contributed by atoms with Crippen molar-refractivity contribution in [1.82, 2.24) is 9.78 Å². The van der Waals surface area contributed by atoms with Crippen LogP contribution in [0, 0.1) is 0 Å². The Kier molecular flexibility index (Phi) is 2.84. The zero-order valence-corrected chi connectivity index (χ0v) is 9.82. The molecule has 1 aromatic heterocycles. The number of ether oxygens (including phenoxy) is 1. The van der Waals surface area contributed by atoms with Crippen molar-refractivity contribution in [2.75, 3.05) is 18.5 Å².